The number of benzene rings is 1. The van der Waals surface area contributed by atoms with Crippen molar-refractivity contribution in [3.63, 3.8) is 0 Å². The minimum atomic E-state index is -0.0725. The lowest BCUT2D eigenvalue weighted by Gasteiger charge is -2.12. The summed E-state index contributed by atoms with van der Waals surface area (Å²) in [4.78, 5) is 12.0. The summed E-state index contributed by atoms with van der Waals surface area (Å²) in [5, 5.41) is 7.13. The number of rotatable bonds is 3. The Balaban J connectivity index is 1.67. The van der Waals surface area contributed by atoms with Crippen molar-refractivity contribution in [1.29, 1.82) is 0 Å². The molecule has 0 saturated carbocycles. The van der Waals surface area contributed by atoms with Crippen LogP contribution in [-0.2, 0) is 18.3 Å². The van der Waals surface area contributed by atoms with Crippen LogP contribution in [0.15, 0.2) is 41.1 Å². The Bertz CT molecular complexity index is 705. The largest absolute Gasteiger partial charge is 0.346 e. The van der Waals surface area contributed by atoms with Crippen LogP contribution in [0.5, 0.6) is 0 Å². The normalized spacial score (nSPS) is 17.1. The van der Waals surface area contributed by atoms with Gasteiger partial charge in [0.15, 0.2) is 0 Å². The van der Waals surface area contributed by atoms with E-state index in [2.05, 4.69) is 32.4 Å². The molecule has 1 amide bonds. The van der Waals surface area contributed by atoms with E-state index < -0.39 is 0 Å². The predicted octanol–water partition coefficient (Wildman–Crippen LogP) is 3.00. The summed E-state index contributed by atoms with van der Waals surface area (Å²) in [6, 6.07) is 6.25. The standard InChI is InChI=1S/C16H16BrN3O/c1-20-10-11(9-18-20)5-8-16(21)19-15-7-6-12-13(15)3-2-4-14(12)17/h2-5,8-10,15H,6-7H2,1H3,(H,19,21)/b8-5+/t15-/m1/s1. The van der Waals surface area contributed by atoms with Gasteiger partial charge < -0.3 is 5.32 Å². The van der Waals surface area contributed by atoms with Gasteiger partial charge in [-0.1, -0.05) is 28.1 Å². The number of aryl methyl sites for hydroxylation is 1. The van der Waals surface area contributed by atoms with E-state index in [0.29, 0.717) is 0 Å². The summed E-state index contributed by atoms with van der Waals surface area (Å²) in [5.74, 6) is -0.0725. The number of halogens is 1. The molecule has 0 spiro atoms. The van der Waals surface area contributed by atoms with Crippen molar-refractivity contribution in [3.05, 3.63) is 57.8 Å². The second-order valence-electron chi connectivity index (χ2n) is 5.19. The highest BCUT2D eigenvalue weighted by Gasteiger charge is 2.24. The van der Waals surface area contributed by atoms with Crippen molar-refractivity contribution in [1.82, 2.24) is 15.1 Å². The minimum Gasteiger partial charge on any atom is -0.346 e. The number of nitrogens with zero attached hydrogens (tertiary/aromatic N) is 2. The fourth-order valence-electron chi connectivity index (χ4n) is 2.68. The van der Waals surface area contributed by atoms with Gasteiger partial charge in [0.05, 0.1) is 12.2 Å². The van der Waals surface area contributed by atoms with E-state index in [1.807, 2.05) is 25.4 Å². The molecule has 0 unspecified atom stereocenters. The zero-order chi connectivity index (χ0) is 14.8. The summed E-state index contributed by atoms with van der Waals surface area (Å²) >= 11 is 3.57. The molecule has 1 aromatic heterocycles. The van der Waals surface area contributed by atoms with Crippen LogP contribution >= 0.6 is 15.9 Å². The van der Waals surface area contributed by atoms with Crippen LogP contribution in [0.1, 0.15) is 29.2 Å². The molecule has 4 nitrogen and oxygen atoms in total. The highest BCUT2D eigenvalue weighted by Crippen LogP contribution is 2.35. The molecule has 1 aliphatic rings. The summed E-state index contributed by atoms with van der Waals surface area (Å²) in [5.41, 5.74) is 3.44. The quantitative estimate of drug-likeness (QED) is 0.869. The molecule has 5 heteroatoms. The molecular formula is C16H16BrN3O. The molecule has 0 radical (unpaired) electrons. The van der Waals surface area contributed by atoms with E-state index in [0.717, 1.165) is 22.9 Å². The third kappa shape index (κ3) is 3.08. The summed E-state index contributed by atoms with van der Waals surface area (Å²) in [7, 11) is 1.85. The van der Waals surface area contributed by atoms with Gasteiger partial charge in [-0.05, 0) is 36.1 Å². The average molecular weight is 346 g/mol. The number of hydrogen-bond acceptors (Lipinski definition) is 2. The number of carbonyl (C=O) groups is 1. The SMILES string of the molecule is Cn1cc(/C=C/C(=O)N[C@@H]2CCc3c(Br)cccc32)cn1. The molecule has 0 aliphatic heterocycles. The topological polar surface area (TPSA) is 46.9 Å². The van der Waals surface area contributed by atoms with E-state index in [1.54, 1.807) is 23.0 Å². The molecule has 0 saturated heterocycles. The molecule has 108 valence electrons. The number of amides is 1. The number of nitrogens with one attached hydrogen (secondary N) is 1. The maximum absolute atomic E-state index is 12.0. The third-order valence-electron chi connectivity index (χ3n) is 3.68. The van der Waals surface area contributed by atoms with Gasteiger partial charge in [-0.2, -0.15) is 5.10 Å². The monoisotopic (exact) mass is 345 g/mol. The van der Waals surface area contributed by atoms with Crippen LogP contribution in [0.4, 0.5) is 0 Å². The lowest BCUT2D eigenvalue weighted by atomic mass is 10.1. The molecule has 3 rings (SSSR count). The van der Waals surface area contributed by atoms with Gasteiger partial charge in [0.1, 0.15) is 0 Å². The summed E-state index contributed by atoms with van der Waals surface area (Å²) < 4.78 is 2.84. The van der Waals surface area contributed by atoms with Crippen molar-refractivity contribution in [2.45, 2.75) is 18.9 Å². The lowest BCUT2D eigenvalue weighted by molar-refractivity contribution is -0.117. The number of hydrogen-bond donors (Lipinski definition) is 1. The maximum atomic E-state index is 12.0. The molecule has 1 aromatic carbocycles. The molecule has 1 atom stereocenters. The van der Waals surface area contributed by atoms with Crippen LogP contribution in [0.2, 0.25) is 0 Å². The van der Waals surface area contributed by atoms with Gasteiger partial charge >= 0.3 is 0 Å². The molecule has 0 fully saturated rings. The maximum Gasteiger partial charge on any atom is 0.244 e. The smallest absolute Gasteiger partial charge is 0.244 e. The van der Waals surface area contributed by atoms with Gasteiger partial charge in [0.25, 0.3) is 0 Å². The van der Waals surface area contributed by atoms with Gasteiger partial charge in [0, 0.05) is 29.4 Å². The van der Waals surface area contributed by atoms with E-state index in [1.165, 1.54) is 11.1 Å². The van der Waals surface area contributed by atoms with E-state index in [4.69, 9.17) is 0 Å². The second-order valence-corrected chi connectivity index (χ2v) is 6.04. The van der Waals surface area contributed by atoms with Crippen LogP contribution in [0.25, 0.3) is 6.08 Å². The first-order chi connectivity index (χ1) is 10.1. The van der Waals surface area contributed by atoms with Crippen molar-refractivity contribution < 1.29 is 4.79 Å². The van der Waals surface area contributed by atoms with E-state index in [9.17, 15) is 4.79 Å². The Hall–Kier alpha value is -1.88. The van der Waals surface area contributed by atoms with Crippen molar-refractivity contribution in [3.8, 4) is 0 Å². The minimum absolute atomic E-state index is 0.0725. The number of fused-ring (bicyclic) bond motifs is 1. The molecule has 1 heterocycles. The molecule has 0 bridgehead atoms. The molecule has 1 aliphatic carbocycles. The van der Waals surface area contributed by atoms with Crippen LogP contribution in [0.3, 0.4) is 0 Å². The Morgan fingerprint density at radius 3 is 3.14 bits per heavy atom. The van der Waals surface area contributed by atoms with Crippen molar-refractivity contribution in [2.24, 2.45) is 7.05 Å². The fraction of sp³-hybridized carbons (Fsp3) is 0.250. The molecule has 2 aromatic rings. The van der Waals surface area contributed by atoms with Crippen LogP contribution in [0, 0.1) is 0 Å². The third-order valence-corrected chi connectivity index (χ3v) is 4.42. The first kappa shape index (κ1) is 14.1. The molecular weight excluding hydrogens is 330 g/mol. The highest BCUT2D eigenvalue weighted by molar-refractivity contribution is 9.10. The van der Waals surface area contributed by atoms with E-state index >= 15 is 0 Å². The number of aromatic nitrogens is 2. The Kier molecular flexibility index (Phi) is 3.92. The first-order valence-electron chi connectivity index (χ1n) is 6.88. The van der Waals surface area contributed by atoms with E-state index in [-0.39, 0.29) is 11.9 Å². The zero-order valence-corrected chi connectivity index (χ0v) is 13.3. The van der Waals surface area contributed by atoms with Crippen molar-refractivity contribution >= 4 is 27.9 Å². The van der Waals surface area contributed by atoms with Crippen molar-refractivity contribution in [2.75, 3.05) is 0 Å². The fourth-order valence-corrected chi connectivity index (χ4v) is 3.26. The number of carbonyl (C=O) groups excluding carboxylic acids is 1. The highest BCUT2D eigenvalue weighted by atomic mass is 79.9. The van der Waals surface area contributed by atoms with Crippen LogP contribution in [-0.4, -0.2) is 15.7 Å². The Labute approximate surface area is 132 Å². The average Bonchev–Trinajstić information content (AvgIpc) is 3.05. The van der Waals surface area contributed by atoms with Gasteiger partial charge in [0.2, 0.25) is 5.91 Å². The summed E-state index contributed by atoms with van der Waals surface area (Å²) in [6.07, 6.45) is 8.88. The molecule has 21 heavy (non-hydrogen) atoms. The molecule has 1 N–H and O–H groups in total. The lowest BCUT2D eigenvalue weighted by Crippen LogP contribution is -2.25. The Morgan fingerprint density at radius 1 is 1.52 bits per heavy atom. The first-order valence-corrected chi connectivity index (χ1v) is 7.67. The van der Waals surface area contributed by atoms with Gasteiger partial charge in [-0.15, -0.1) is 0 Å². The van der Waals surface area contributed by atoms with Gasteiger partial charge in [-0.25, -0.2) is 0 Å². The zero-order valence-electron chi connectivity index (χ0n) is 11.7. The van der Waals surface area contributed by atoms with Crippen LogP contribution < -0.4 is 5.32 Å². The summed E-state index contributed by atoms with van der Waals surface area (Å²) in [6.45, 7) is 0. The second kappa shape index (κ2) is 5.85. The predicted molar refractivity (Wildman–Crippen MR) is 85.6 cm³/mol. The Morgan fingerprint density at radius 2 is 2.38 bits per heavy atom. The van der Waals surface area contributed by atoms with Gasteiger partial charge in [-0.3, -0.25) is 9.48 Å².